The van der Waals surface area contributed by atoms with E-state index in [1.807, 2.05) is 20.3 Å². The van der Waals surface area contributed by atoms with Crippen LogP contribution in [0.3, 0.4) is 0 Å². The number of rotatable bonds is 4. The first-order chi connectivity index (χ1) is 8.61. The first-order valence-corrected chi connectivity index (χ1v) is 5.52. The molecule has 0 atom stereocenters. The Bertz CT molecular complexity index is 583. The molecule has 0 aliphatic heterocycles. The third-order valence-electron chi connectivity index (χ3n) is 2.68. The van der Waals surface area contributed by atoms with Gasteiger partial charge < -0.3 is 5.32 Å². The summed E-state index contributed by atoms with van der Waals surface area (Å²) in [6, 6.07) is 4.88. The number of nitrogens with zero attached hydrogens (tertiary/aromatic N) is 3. The zero-order valence-electron chi connectivity index (χ0n) is 10.7. The number of non-ortho nitro benzene ring substituents is 1. The molecule has 1 aromatic heterocycles. The Labute approximate surface area is 117 Å². The molecule has 0 unspecified atom stereocenters. The van der Waals surface area contributed by atoms with Crippen LogP contribution in [0.1, 0.15) is 5.56 Å². The zero-order valence-corrected chi connectivity index (χ0v) is 11.5. The van der Waals surface area contributed by atoms with Gasteiger partial charge in [-0.1, -0.05) is 0 Å². The normalized spacial score (nSPS) is 10.0. The standard InChI is InChI=1S/C12H14N4O2.ClH/c1-13-6-9-5-11(16(17)18)3-4-12(9)10-7-14-15(2)8-10;/h3-5,7-8,13H,6H2,1-2H3;1H. The summed E-state index contributed by atoms with van der Waals surface area (Å²) in [7, 11) is 3.65. The summed E-state index contributed by atoms with van der Waals surface area (Å²) in [5, 5.41) is 17.9. The maximum Gasteiger partial charge on any atom is 0.269 e. The van der Waals surface area contributed by atoms with Gasteiger partial charge in [0.15, 0.2) is 0 Å². The van der Waals surface area contributed by atoms with Crippen molar-refractivity contribution in [3.8, 4) is 11.1 Å². The molecule has 0 radical (unpaired) electrons. The van der Waals surface area contributed by atoms with Gasteiger partial charge in [-0.15, -0.1) is 12.4 Å². The highest BCUT2D eigenvalue weighted by Crippen LogP contribution is 2.26. The highest BCUT2D eigenvalue weighted by atomic mass is 35.5. The second-order valence-electron chi connectivity index (χ2n) is 4.03. The summed E-state index contributed by atoms with van der Waals surface area (Å²) >= 11 is 0. The molecule has 0 saturated heterocycles. The van der Waals surface area contributed by atoms with Crippen LogP contribution in [-0.4, -0.2) is 21.8 Å². The monoisotopic (exact) mass is 282 g/mol. The SMILES string of the molecule is CNCc1cc([N+](=O)[O-])ccc1-c1cnn(C)c1.Cl. The van der Waals surface area contributed by atoms with Crippen molar-refractivity contribution >= 4 is 18.1 Å². The number of benzene rings is 1. The smallest absolute Gasteiger partial charge is 0.269 e. The lowest BCUT2D eigenvalue weighted by Gasteiger charge is -2.07. The van der Waals surface area contributed by atoms with Crippen LogP contribution in [0.15, 0.2) is 30.6 Å². The predicted molar refractivity (Wildman–Crippen MR) is 75.3 cm³/mol. The highest BCUT2D eigenvalue weighted by molar-refractivity contribution is 5.85. The van der Waals surface area contributed by atoms with Gasteiger partial charge in [-0.3, -0.25) is 14.8 Å². The van der Waals surface area contributed by atoms with Gasteiger partial charge in [0.2, 0.25) is 0 Å². The molecule has 1 N–H and O–H groups in total. The van der Waals surface area contributed by atoms with Crippen molar-refractivity contribution in [3.63, 3.8) is 0 Å². The molecule has 0 aliphatic carbocycles. The van der Waals surface area contributed by atoms with Crippen molar-refractivity contribution in [1.82, 2.24) is 15.1 Å². The van der Waals surface area contributed by atoms with Gasteiger partial charge in [0, 0.05) is 37.5 Å². The number of halogens is 1. The van der Waals surface area contributed by atoms with Gasteiger partial charge in [0.1, 0.15) is 0 Å². The van der Waals surface area contributed by atoms with Crippen molar-refractivity contribution in [2.75, 3.05) is 7.05 Å². The van der Waals surface area contributed by atoms with E-state index in [-0.39, 0.29) is 23.0 Å². The van der Waals surface area contributed by atoms with Crippen LogP contribution >= 0.6 is 12.4 Å². The van der Waals surface area contributed by atoms with Gasteiger partial charge in [-0.25, -0.2) is 0 Å². The first-order valence-electron chi connectivity index (χ1n) is 5.52. The predicted octanol–water partition coefficient (Wildman–Crippen LogP) is 2.14. The Hall–Kier alpha value is -1.92. The minimum Gasteiger partial charge on any atom is -0.316 e. The molecule has 102 valence electrons. The lowest BCUT2D eigenvalue weighted by Crippen LogP contribution is -2.06. The number of nitro groups is 1. The molecule has 0 fully saturated rings. The summed E-state index contributed by atoms with van der Waals surface area (Å²) in [5.74, 6) is 0. The quantitative estimate of drug-likeness (QED) is 0.689. The molecule has 0 amide bonds. The number of hydrogen-bond acceptors (Lipinski definition) is 4. The van der Waals surface area contributed by atoms with Crippen molar-refractivity contribution in [2.45, 2.75) is 6.54 Å². The summed E-state index contributed by atoms with van der Waals surface area (Å²) in [4.78, 5) is 10.4. The molecular formula is C12H15ClN4O2. The molecule has 2 aromatic rings. The van der Waals surface area contributed by atoms with E-state index in [9.17, 15) is 10.1 Å². The number of nitro benzene ring substituents is 1. The lowest BCUT2D eigenvalue weighted by molar-refractivity contribution is -0.384. The van der Waals surface area contributed by atoms with Crippen LogP contribution in [0.25, 0.3) is 11.1 Å². The molecule has 0 spiro atoms. The number of aryl methyl sites for hydroxylation is 1. The van der Waals surface area contributed by atoms with E-state index in [2.05, 4.69) is 10.4 Å². The summed E-state index contributed by atoms with van der Waals surface area (Å²) in [6.45, 7) is 0.575. The fourth-order valence-corrected chi connectivity index (χ4v) is 1.87. The Morgan fingerprint density at radius 2 is 2.21 bits per heavy atom. The van der Waals surface area contributed by atoms with Crippen LogP contribution in [-0.2, 0) is 13.6 Å². The van der Waals surface area contributed by atoms with Crippen molar-refractivity contribution in [1.29, 1.82) is 0 Å². The molecule has 1 heterocycles. The van der Waals surface area contributed by atoms with Crippen LogP contribution in [0, 0.1) is 10.1 Å². The van der Waals surface area contributed by atoms with E-state index in [1.165, 1.54) is 6.07 Å². The van der Waals surface area contributed by atoms with Crippen molar-refractivity contribution in [3.05, 3.63) is 46.3 Å². The number of aromatic nitrogens is 2. The average molecular weight is 283 g/mol. The molecule has 2 rings (SSSR count). The molecule has 0 saturated carbocycles. The fourth-order valence-electron chi connectivity index (χ4n) is 1.87. The minimum atomic E-state index is -0.383. The molecule has 19 heavy (non-hydrogen) atoms. The number of hydrogen-bond donors (Lipinski definition) is 1. The molecule has 6 nitrogen and oxygen atoms in total. The van der Waals surface area contributed by atoms with Crippen LogP contribution in [0.5, 0.6) is 0 Å². The van der Waals surface area contributed by atoms with Crippen molar-refractivity contribution in [2.24, 2.45) is 7.05 Å². The average Bonchev–Trinajstić information content (AvgIpc) is 2.76. The van der Waals surface area contributed by atoms with Crippen molar-refractivity contribution < 1.29 is 4.92 Å². The van der Waals surface area contributed by atoms with Gasteiger partial charge in [-0.05, 0) is 24.2 Å². The molecule has 7 heteroatoms. The van der Waals surface area contributed by atoms with E-state index in [0.717, 1.165) is 16.7 Å². The fraction of sp³-hybridized carbons (Fsp3) is 0.250. The van der Waals surface area contributed by atoms with Gasteiger partial charge >= 0.3 is 0 Å². The lowest BCUT2D eigenvalue weighted by atomic mass is 10.0. The van der Waals surface area contributed by atoms with Gasteiger partial charge in [0.25, 0.3) is 5.69 Å². The van der Waals surface area contributed by atoms with Crippen LogP contribution in [0.2, 0.25) is 0 Å². The third kappa shape index (κ3) is 3.30. The Balaban J connectivity index is 0.00000180. The maximum atomic E-state index is 10.8. The topological polar surface area (TPSA) is 73.0 Å². The maximum absolute atomic E-state index is 10.8. The molecule has 0 aliphatic rings. The molecular weight excluding hydrogens is 268 g/mol. The Morgan fingerprint density at radius 1 is 1.47 bits per heavy atom. The van der Waals surface area contributed by atoms with Gasteiger partial charge in [-0.2, -0.15) is 5.10 Å². The Kier molecular flexibility index (Phi) is 5.02. The summed E-state index contributed by atoms with van der Waals surface area (Å²) in [6.07, 6.45) is 3.64. The van der Waals surface area contributed by atoms with E-state index in [1.54, 1.807) is 23.0 Å². The second-order valence-corrected chi connectivity index (χ2v) is 4.03. The Morgan fingerprint density at radius 3 is 2.74 bits per heavy atom. The van der Waals surface area contributed by atoms with E-state index >= 15 is 0 Å². The highest BCUT2D eigenvalue weighted by Gasteiger charge is 2.12. The first kappa shape index (κ1) is 15.1. The van der Waals surface area contributed by atoms with E-state index in [0.29, 0.717) is 6.54 Å². The van der Waals surface area contributed by atoms with Crippen LogP contribution < -0.4 is 5.32 Å². The summed E-state index contributed by atoms with van der Waals surface area (Å²) in [5.41, 5.74) is 2.91. The third-order valence-corrected chi connectivity index (χ3v) is 2.68. The number of nitrogens with one attached hydrogen (secondary N) is 1. The van der Waals surface area contributed by atoms with Crippen LogP contribution in [0.4, 0.5) is 5.69 Å². The molecule has 0 bridgehead atoms. The summed E-state index contributed by atoms with van der Waals surface area (Å²) < 4.78 is 1.71. The minimum absolute atomic E-state index is 0. The largest absolute Gasteiger partial charge is 0.316 e. The van der Waals surface area contributed by atoms with Gasteiger partial charge in [0.05, 0.1) is 11.1 Å². The zero-order chi connectivity index (χ0) is 13.1. The van der Waals surface area contributed by atoms with E-state index < -0.39 is 0 Å². The molecule has 1 aromatic carbocycles. The second kappa shape index (κ2) is 6.31. The van der Waals surface area contributed by atoms with E-state index in [4.69, 9.17) is 0 Å².